The van der Waals surface area contributed by atoms with Gasteiger partial charge in [-0.2, -0.15) is 0 Å². The normalized spacial score (nSPS) is 10.6. The number of aromatic nitrogens is 2. The van der Waals surface area contributed by atoms with E-state index < -0.39 is 0 Å². The molecule has 0 fully saturated rings. The van der Waals surface area contributed by atoms with Gasteiger partial charge < -0.3 is 10.1 Å². The topological polar surface area (TPSA) is 47.0 Å². The van der Waals surface area contributed by atoms with Crippen molar-refractivity contribution in [3.05, 3.63) is 46.9 Å². The fraction of sp³-hybridized carbons (Fsp3) is 0.333. The second-order valence-electron chi connectivity index (χ2n) is 4.46. The summed E-state index contributed by atoms with van der Waals surface area (Å²) in [6.07, 6.45) is 2.12. The minimum Gasteiger partial charge on any atom is -0.377 e. The van der Waals surface area contributed by atoms with Crippen molar-refractivity contribution in [2.24, 2.45) is 0 Å². The van der Waals surface area contributed by atoms with Crippen LogP contribution in [-0.2, 0) is 17.8 Å². The Bertz CT molecular complexity index is 575. The van der Waals surface area contributed by atoms with E-state index in [4.69, 9.17) is 16.3 Å². The summed E-state index contributed by atoms with van der Waals surface area (Å²) < 4.78 is 5.04. The molecule has 5 heteroatoms. The maximum absolute atomic E-state index is 6.01. The van der Waals surface area contributed by atoms with Gasteiger partial charge >= 0.3 is 0 Å². The van der Waals surface area contributed by atoms with Gasteiger partial charge in [-0.3, -0.25) is 0 Å². The molecule has 0 aliphatic carbocycles. The number of nitrogens with zero attached hydrogens (tertiary/aromatic N) is 2. The van der Waals surface area contributed by atoms with Gasteiger partial charge in [0, 0.05) is 18.9 Å². The van der Waals surface area contributed by atoms with Crippen LogP contribution in [0.3, 0.4) is 0 Å². The Morgan fingerprint density at radius 2 is 2.05 bits per heavy atom. The second-order valence-corrected chi connectivity index (χ2v) is 4.84. The summed E-state index contributed by atoms with van der Waals surface area (Å²) in [4.78, 5) is 8.50. The van der Waals surface area contributed by atoms with Crippen molar-refractivity contribution in [2.75, 3.05) is 12.4 Å². The number of halogens is 1. The highest BCUT2D eigenvalue weighted by Gasteiger charge is 2.06. The van der Waals surface area contributed by atoms with Gasteiger partial charge in [0.05, 0.1) is 0 Å². The van der Waals surface area contributed by atoms with Crippen LogP contribution >= 0.6 is 11.6 Å². The Morgan fingerprint density at radius 3 is 2.80 bits per heavy atom. The van der Waals surface area contributed by atoms with Crippen LogP contribution in [0.5, 0.6) is 0 Å². The molecule has 0 atom stereocenters. The Hall–Kier alpha value is -1.65. The molecule has 0 spiro atoms. The summed E-state index contributed by atoms with van der Waals surface area (Å²) in [5.74, 6) is 1.25. The number of hydrogen-bond donors (Lipinski definition) is 1. The summed E-state index contributed by atoms with van der Waals surface area (Å²) in [6, 6.07) is 9.91. The highest BCUT2D eigenvalue weighted by molar-refractivity contribution is 6.29. The van der Waals surface area contributed by atoms with Gasteiger partial charge in [-0.25, -0.2) is 9.97 Å². The first kappa shape index (κ1) is 14.8. The molecule has 2 aromatic rings. The zero-order chi connectivity index (χ0) is 14.4. The maximum atomic E-state index is 6.01. The van der Waals surface area contributed by atoms with E-state index in [1.807, 2.05) is 18.2 Å². The third-order valence-electron chi connectivity index (χ3n) is 2.81. The first-order valence-electron chi connectivity index (χ1n) is 6.60. The smallest absolute Gasteiger partial charge is 0.158 e. The van der Waals surface area contributed by atoms with Gasteiger partial charge in [0.1, 0.15) is 17.6 Å². The van der Waals surface area contributed by atoms with Gasteiger partial charge in [0.15, 0.2) is 5.82 Å². The number of benzene rings is 1. The molecule has 0 bridgehead atoms. The van der Waals surface area contributed by atoms with Crippen molar-refractivity contribution in [3.63, 3.8) is 0 Å². The molecule has 2 rings (SSSR count). The number of aryl methyl sites for hydroxylation is 1. The van der Waals surface area contributed by atoms with E-state index >= 15 is 0 Å². The molecular weight excluding hydrogens is 274 g/mol. The third kappa shape index (κ3) is 3.92. The molecule has 0 aliphatic rings. The van der Waals surface area contributed by atoms with Gasteiger partial charge in [-0.15, -0.1) is 0 Å². The lowest BCUT2D eigenvalue weighted by Gasteiger charge is -2.11. The summed E-state index contributed by atoms with van der Waals surface area (Å²) in [7, 11) is 1.61. The van der Waals surface area contributed by atoms with Crippen LogP contribution in [-0.4, -0.2) is 17.1 Å². The van der Waals surface area contributed by atoms with Gasteiger partial charge in [-0.05, 0) is 18.1 Å². The van der Waals surface area contributed by atoms with Crippen LogP contribution in [0.2, 0.25) is 5.15 Å². The van der Waals surface area contributed by atoms with E-state index in [-0.39, 0.29) is 0 Å². The molecule has 1 aromatic carbocycles. The highest BCUT2D eigenvalue weighted by atomic mass is 35.5. The number of ether oxygens (including phenoxy) is 1. The summed E-state index contributed by atoms with van der Waals surface area (Å²) in [5.41, 5.74) is 2.31. The van der Waals surface area contributed by atoms with Gasteiger partial charge in [0.2, 0.25) is 0 Å². The van der Waals surface area contributed by atoms with E-state index in [0.717, 1.165) is 18.5 Å². The highest BCUT2D eigenvalue weighted by Crippen LogP contribution is 2.22. The molecule has 0 radical (unpaired) electrons. The molecule has 4 nitrogen and oxygen atoms in total. The van der Waals surface area contributed by atoms with Crippen molar-refractivity contribution >= 4 is 23.1 Å². The van der Waals surface area contributed by atoms with Crippen LogP contribution < -0.4 is 5.32 Å². The van der Waals surface area contributed by atoms with Crippen molar-refractivity contribution in [2.45, 2.75) is 26.4 Å². The number of methoxy groups -OCH3 is 1. The second kappa shape index (κ2) is 7.22. The Labute approximate surface area is 124 Å². The largest absolute Gasteiger partial charge is 0.377 e. The van der Waals surface area contributed by atoms with Crippen LogP contribution in [0.25, 0.3) is 0 Å². The predicted octanol–water partition coefficient (Wildman–Crippen LogP) is 3.97. The molecule has 1 heterocycles. The van der Waals surface area contributed by atoms with Crippen LogP contribution in [0.15, 0.2) is 30.3 Å². The minimum atomic E-state index is 0.339. The zero-order valence-corrected chi connectivity index (χ0v) is 12.4. The molecule has 1 N–H and O–H groups in total. The molecule has 0 amide bonds. The standard InChI is InChI=1S/C15H18ClN3O/c1-3-6-11-7-4-5-8-12(11)17-14-9-13(16)18-15(19-14)10-20-2/h4-5,7-9H,3,6,10H2,1-2H3,(H,17,18,19). The number of para-hydroxylation sites is 1. The molecule has 106 valence electrons. The van der Waals surface area contributed by atoms with Crippen molar-refractivity contribution in [3.8, 4) is 0 Å². The Balaban J connectivity index is 2.25. The van der Waals surface area contributed by atoms with Crippen LogP contribution in [0.1, 0.15) is 24.7 Å². The monoisotopic (exact) mass is 291 g/mol. The van der Waals surface area contributed by atoms with Crippen LogP contribution in [0, 0.1) is 0 Å². The third-order valence-corrected chi connectivity index (χ3v) is 3.01. The van der Waals surface area contributed by atoms with E-state index in [0.29, 0.717) is 23.4 Å². The lowest BCUT2D eigenvalue weighted by Crippen LogP contribution is -2.03. The first-order chi connectivity index (χ1) is 9.72. The summed E-state index contributed by atoms with van der Waals surface area (Å²) >= 11 is 6.01. The zero-order valence-electron chi connectivity index (χ0n) is 11.7. The van der Waals surface area contributed by atoms with Crippen molar-refractivity contribution < 1.29 is 4.74 Å². The summed E-state index contributed by atoms with van der Waals surface area (Å²) in [6.45, 7) is 2.50. The van der Waals surface area contributed by atoms with Crippen molar-refractivity contribution in [1.29, 1.82) is 0 Å². The average molecular weight is 292 g/mol. The molecule has 20 heavy (non-hydrogen) atoms. The molecule has 1 aromatic heterocycles. The number of rotatable bonds is 6. The van der Waals surface area contributed by atoms with E-state index in [2.05, 4.69) is 28.3 Å². The molecule has 0 aliphatic heterocycles. The molecule has 0 saturated heterocycles. The maximum Gasteiger partial charge on any atom is 0.158 e. The number of hydrogen-bond acceptors (Lipinski definition) is 4. The van der Waals surface area contributed by atoms with Crippen LogP contribution in [0.4, 0.5) is 11.5 Å². The van der Waals surface area contributed by atoms with E-state index in [1.165, 1.54) is 5.56 Å². The molecular formula is C15H18ClN3O. The van der Waals surface area contributed by atoms with Gasteiger partial charge in [0.25, 0.3) is 0 Å². The number of nitrogens with one attached hydrogen (secondary N) is 1. The fourth-order valence-electron chi connectivity index (χ4n) is 1.99. The van der Waals surface area contributed by atoms with E-state index in [1.54, 1.807) is 13.2 Å². The average Bonchev–Trinajstić information content (AvgIpc) is 2.41. The lowest BCUT2D eigenvalue weighted by molar-refractivity contribution is 0.178. The quantitative estimate of drug-likeness (QED) is 0.818. The predicted molar refractivity (Wildman–Crippen MR) is 81.5 cm³/mol. The first-order valence-corrected chi connectivity index (χ1v) is 6.98. The minimum absolute atomic E-state index is 0.339. The Morgan fingerprint density at radius 1 is 1.25 bits per heavy atom. The molecule has 0 unspecified atom stereocenters. The van der Waals surface area contributed by atoms with Crippen molar-refractivity contribution in [1.82, 2.24) is 9.97 Å². The number of anilines is 2. The molecule has 0 saturated carbocycles. The SMILES string of the molecule is CCCc1ccccc1Nc1cc(Cl)nc(COC)n1. The fourth-order valence-corrected chi connectivity index (χ4v) is 2.19. The Kier molecular flexibility index (Phi) is 5.32. The summed E-state index contributed by atoms with van der Waals surface area (Å²) in [5, 5.41) is 3.71. The van der Waals surface area contributed by atoms with Gasteiger partial charge in [-0.1, -0.05) is 43.1 Å². The lowest BCUT2D eigenvalue weighted by atomic mass is 10.1. The van der Waals surface area contributed by atoms with E-state index in [9.17, 15) is 0 Å².